The second kappa shape index (κ2) is 10.1. The van der Waals surface area contributed by atoms with Gasteiger partial charge in [-0.3, -0.25) is 19.9 Å². The summed E-state index contributed by atoms with van der Waals surface area (Å²) < 4.78 is 0. The SMILES string of the molecule is [Pt+2].[c-]1ccccc1-c1cccc(N(c2ccccc2)c2cncc(-c3[c-]cccc3)n2)n1. The van der Waals surface area contributed by atoms with Crippen LogP contribution in [0.2, 0.25) is 0 Å². The second-order valence-corrected chi connectivity index (χ2v) is 6.87. The van der Waals surface area contributed by atoms with E-state index < -0.39 is 0 Å². The Hall–Kier alpha value is -3.62. The Morgan fingerprint density at radius 3 is 1.91 bits per heavy atom. The Morgan fingerprint density at radius 1 is 0.562 bits per heavy atom. The van der Waals surface area contributed by atoms with E-state index >= 15 is 0 Å². The molecule has 2 aromatic heterocycles. The third-order valence-corrected chi connectivity index (χ3v) is 4.80. The minimum atomic E-state index is 0. The van der Waals surface area contributed by atoms with E-state index in [1.54, 1.807) is 12.4 Å². The van der Waals surface area contributed by atoms with Crippen molar-refractivity contribution in [2.45, 2.75) is 0 Å². The molecule has 0 unspecified atom stereocenters. The normalized spacial score (nSPS) is 10.2. The smallest absolute Gasteiger partial charge is 0.280 e. The summed E-state index contributed by atoms with van der Waals surface area (Å²) in [5.74, 6) is 1.44. The van der Waals surface area contributed by atoms with Crippen molar-refractivity contribution in [2.75, 3.05) is 4.90 Å². The number of hydrogen-bond acceptors (Lipinski definition) is 4. The quantitative estimate of drug-likeness (QED) is 0.225. The molecule has 0 aliphatic rings. The van der Waals surface area contributed by atoms with Crippen molar-refractivity contribution in [3.05, 3.63) is 122 Å². The van der Waals surface area contributed by atoms with Crippen molar-refractivity contribution in [1.82, 2.24) is 15.0 Å². The zero-order chi connectivity index (χ0) is 20.9. The first kappa shape index (κ1) is 21.6. The maximum atomic E-state index is 4.92. The molecule has 4 nitrogen and oxygen atoms in total. The fourth-order valence-electron chi connectivity index (χ4n) is 3.36. The first-order chi connectivity index (χ1) is 15.4. The molecular formula is C27H18N4Pt. The van der Waals surface area contributed by atoms with Gasteiger partial charge in [-0.2, -0.15) is 0 Å². The average Bonchev–Trinajstić information content (AvgIpc) is 2.86. The molecule has 0 bridgehead atoms. The Kier molecular flexibility index (Phi) is 6.84. The Balaban J connectivity index is 0.00000245. The molecule has 0 amide bonds. The van der Waals surface area contributed by atoms with Gasteiger partial charge in [0.1, 0.15) is 11.6 Å². The van der Waals surface area contributed by atoms with Crippen LogP contribution in [0.1, 0.15) is 0 Å². The van der Waals surface area contributed by atoms with Gasteiger partial charge < -0.3 is 0 Å². The molecule has 5 rings (SSSR count). The third kappa shape index (κ3) is 4.66. The van der Waals surface area contributed by atoms with E-state index in [1.165, 1.54) is 0 Å². The predicted molar refractivity (Wildman–Crippen MR) is 123 cm³/mol. The van der Waals surface area contributed by atoms with Gasteiger partial charge in [0.25, 0.3) is 0 Å². The van der Waals surface area contributed by atoms with Gasteiger partial charge in [0.05, 0.1) is 6.20 Å². The van der Waals surface area contributed by atoms with Crippen molar-refractivity contribution in [1.29, 1.82) is 0 Å². The fraction of sp³-hybridized carbons (Fsp3) is 0. The molecule has 0 atom stereocenters. The van der Waals surface area contributed by atoms with E-state index in [-0.39, 0.29) is 21.1 Å². The molecule has 0 N–H and O–H groups in total. The molecule has 156 valence electrons. The third-order valence-electron chi connectivity index (χ3n) is 4.80. The molecule has 0 saturated carbocycles. The van der Waals surface area contributed by atoms with Crippen LogP contribution < -0.4 is 4.90 Å². The maximum Gasteiger partial charge on any atom is 2.00 e. The summed E-state index contributed by atoms with van der Waals surface area (Å²) in [6, 6.07) is 38.1. The molecule has 3 aromatic carbocycles. The summed E-state index contributed by atoms with van der Waals surface area (Å²) in [6.45, 7) is 0. The molecule has 0 radical (unpaired) electrons. The number of hydrogen-bond donors (Lipinski definition) is 0. The molecule has 0 fully saturated rings. The molecule has 5 heteroatoms. The topological polar surface area (TPSA) is 41.9 Å². The van der Waals surface area contributed by atoms with Crippen molar-refractivity contribution in [3.63, 3.8) is 0 Å². The molecule has 2 heterocycles. The summed E-state index contributed by atoms with van der Waals surface area (Å²) in [6.07, 6.45) is 3.50. The monoisotopic (exact) mass is 593 g/mol. The van der Waals surface area contributed by atoms with Crippen LogP contribution in [-0.4, -0.2) is 15.0 Å². The van der Waals surface area contributed by atoms with Gasteiger partial charge >= 0.3 is 21.1 Å². The van der Waals surface area contributed by atoms with E-state index in [0.717, 1.165) is 34.0 Å². The number of benzene rings is 3. The van der Waals surface area contributed by atoms with Crippen molar-refractivity contribution >= 4 is 17.3 Å². The molecule has 32 heavy (non-hydrogen) atoms. The first-order valence-corrected chi connectivity index (χ1v) is 9.97. The molecule has 5 aromatic rings. The number of pyridine rings is 1. The second-order valence-electron chi connectivity index (χ2n) is 6.87. The van der Waals surface area contributed by atoms with Gasteiger partial charge in [-0.1, -0.05) is 30.3 Å². The van der Waals surface area contributed by atoms with Gasteiger partial charge in [-0.25, -0.2) is 0 Å². The molecule has 0 saturated heterocycles. The summed E-state index contributed by atoms with van der Waals surface area (Å²) in [5.41, 5.74) is 4.39. The molecule has 0 aliphatic carbocycles. The van der Waals surface area contributed by atoms with Crippen LogP contribution in [0.3, 0.4) is 0 Å². The van der Waals surface area contributed by atoms with Crippen LogP contribution >= 0.6 is 0 Å². The number of anilines is 3. The first-order valence-electron chi connectivity index (χ1n) is 9.97. The van der Waals surface area contributed by atoms with E-state index in [0.29, 0.717) is 5.82 Å². The summed E-state index contributed by atoms with van der Waals surface area (Å²) in [4.78, 5) is 16.3. The summed E-state index contributed by atoms with van der Waals surface area (Å²) >= 11 is 0. The number of aromatic nitrogens is 3. The van der Waals surface area contributed by atoms with E-state index in [9.17, 15) is 0 Å². The van der Waals surface area contributed by atoms with E-state index in [1.807, 2.05) is 102 Å². The van der Waals surface area contributed by atoms with Crippen LogP contribution in [-0.2, 0) is 21.1 Å². The summed E-state index contributed by atoms with van der Waals surface area (Å²) in [5, 5.41) is 0. The van der Waals surface area contributed by atoms with E-state index in [4.69, 9.17) is 9.97 Å². The van der Waals surface area contributed by atoms with Crippen LogP contribution in [0.5, 0.6) is 0 Å². The number of para-hydroxylation sites is 1. The van der Waals surface area contributed by atoms with Crippen molar-refractivity contribution in [3.8, 4) is 22.5 Å². The minimum absolute atomic E-state index is 0. The van der Waals surface area contributed by atoms with Crippen LogP contribution in [0.4, 0.5) is 17.3 Å². The Labute approximate surface area is 201 Å². The Bertz CT molecular complexity index is 1200. The van der Waals surface area contributed by atoms with Gasteiger partial charge in [-0.15, -0.1) is 71.8 Å². The van der Waals surface area contributed by atoms with Gasteiger partial charge in [0.15, 0.2) is 0 Å². The molecule has 0 aliphatic heterocycles. The van der Waals surface area contributed by atoms with Crippen LogP contribution in [0.15, 0.2) is 109 Å². The van der Waals surface area contributed by atoms with E-state index in [2.05, 4.69) is 17.1 Å². The average molecular weight is 594 g/mol. The van der Waals surface area contributed by atoms with Crippen LogP contribution in [0.25, 0.3) is 22.5 Å². The van der Waals surface area contributed by atoms with Gasteiger partial charge in [0.2, 0.25) is 0 Å². The van der Waals surface area contributed by atoms with Gasteiger partial charge in [-0.05, 0) is 23.9 Å². The minimum Gasteiger partial charge on any atom is -0.280 e. The molecule has 0 spiro atoms. The summed E-state index contributed by atoms with van der Waals surface area (Å²) in [7, 11) is 0. The standard InChI is InChI=1S/C27H18N4.Pt/c1-4-11-21(12-5-1)24-17-10-18-26(29-24)31(23-15-8-3-9-16-23)27-20-28-19-25(30-27)22-13-6-2-7-14-22;/h1-11,13,15-20H;/q-2;+2. The van der Waals surface area contributed by atoms with Crippen molar-refractivity contribution in [2.24, 2.45) is 0 Å². The molecular weight excluding hydrogens is 575 g/mol. The van der Waals surface area contributed by atoms with Gasteiger partial charge in [0, 0.05) is 17.6 Å². The zero-order valence-corrected chi connectivity index (χ0v) is 19.3. The number of rotatable bonds is 5. The van der Waals surface area contributed by atoms with Crippen molar-refractivity contribution < 1.29 is 21.1 Å². The maximum absolute atomic E-state index is 4.92. The number of nitrogens with zero attached hydrogens (tertiary/aromatic N) is 4. The predicted octanol–water partition coefficient (Wildman–Crippen LogP) is 6.27. The fourth-order valence-corrected chi connectivity index (χ4v) is 3.36. The Morgan fingerprint density at radius 2 is 1.22 bits per heavy atom. The zero-order valence-electron chi connectivity index (χ0n) is 17.0. The van der Waals surface area contributed by atoms with Crippen LogP contribution in [0, 0.1) is 12.1 Å². The largest absolute Gasteiger partial charge is 2.00 e.